The predicted octanol–water partition coefficient (Wildman–Crippen LogP) is 2.25. The minimum Gasteiger partial charge on any atom is -0.464 e. The Labute approximate surface area is 157 Å². The highest BCUT2D eigenvalue weighted by atomic mass is 35.5. The second-order valence-electron chi connectivity index (χ2n) is 5.27. The van der Waals surface area contributed by atoms with E-state index in [4.69, 9.17) is 20.8 Å². The van der Waals surface area contributed by atoms with E-state index in [0.717, 1.165) is 12.3 Å². The first kappa shape index (κ1) is 18.3. The molecule has 0 fully saturated rings. The Balaban J connectivity index is 2.09. The molecule has 0 bridgehead atoms. The molecule has 0 aliphatic heterocycles. The van der Waals surface area contributed by atoms with Crippen LogP contribution in [0.25, 0.3) is 17.0 Å². The monoisotopic (exact) mass is 389 g/mol. The second-order valence-corrected chi connectivity index (χ2v) is 5.70. The minimum atomic E-state index is -0.644. The van der Waals surface area contributed by atoms with Gasteiger partial charge in [-0.3, -0.25) is 9.59 Å². The summed E-state index contributed by atoms with van der Waals surface area (Å²) in [6.07, 6.45) is 2.40. The first-order chi connectivity index (χ1) is 12.9. The molecule has 0 saturated carbocycles. The molecule has 10 heteroatoms. The minimum absolute atomic E-state index is 0.00468. The van der Waals surface area contributed by atoms with Crippen LogP contribution in [-0.4, -0.2) is 34.0 Å². The molecular formula is C17H12ClN3O6. The van der Waals surface area contributed by atoms with Gasteiger partial charge in [0.25, 0.3) is 0 Å². The Morgan fingerprint density at radius 1 is 1.26 bits per heavy atom. The molecule has 138 valence electrons. The van der Waals surface area contributed by atoms with E-state index in [9.17, 15) is 14.4 Å². The molecule has 9 nitrogen and oxygen atoms in total. The third kappa shape index (κ3) is 3.87. The summed E-state index contributed by atoms with van der Waals surface area (Å²) >= 11 is 6.06. The van der Waals surface area contributed by atoms with Crippen molar-refractivity contribution in [3.05, 3.63) is 57.7 Å². The van der Waals surface area contributed by atoms with Gasteiger partial charge in [-0.2, -0.15) is 0 Å². The van der Waals surface area contributed by atoms with Crippen molar-refractivity contribution < 1.29 is 23.5 Å². The van der Waals surface area contributed by atoms with E-state index < -0.39 is 17.4 Å². The average molecular weight is 390 g/mol. The van der Waals surface area contributed by atoms with Crippen LogP contribution >= 0.6 is 11.6 Å². The molecule has 1 aromatic carbocycles. The topological polar surface area (TPSA) is 114 Å². The van der Waals surface area contributed by atoms with Crippen molar-refractivity contribution in [2.75, 3.05) is 7.11 Å². The van der Waals surface area contributed by atoms with Crippen LogP contribution < -0.4 is 10.2 Å². The number of benzene rings is 1. The number of carbonyl (C=O) groups excluding carboxylic acids is 2. The van der Waals surface area contributed by atoms with Crippen LogP contribution in [0, 0.1) is 0 Å². The molecule has 0 amide bonds. The Hall–Kier alpha value is -3.46. The normalized spacial score (nSPS) is 10.5. The van der Waals surface area contributed by atoms with Crippen molar-refractivity contribution in [2.24, 2.45) is 0 Å². The number of halogens is 1. The zero-order chi connectivity index (χ0) is 19.6. The zero-order valence-electron chi connectivity index (χ0n) is 14.1. The van der Waals surface area contributed by atoms with Crippen LogP contribution in [0.2, 0.25) is 5.02 Å². The van der Waals surface area contributed by atoms with Gasteiger partial charge in [-0.05, 0) is 18.2 Å². The van der Waals surface area contributed by atoms with E-state index in [1.165, 1.54) is 24.9 Å². The number of nitrogens with zero attached hydrogens (tertiary/aromatic N) is 3. The maximum Gasteiger partial charge on any atom is 0.360 e. The van der Waals surface area contributed by atoms with Crippen molar-refractivity contribution in [3.63, 3.8) is 0 Å². The SMILES string of the molecule is COC(=O)c1cn(-c2ccc(Cl)cc2-c2cc(=O)c(OC(C)=O)co2)nn1. The third-order valence-electron chi connectivity index (χ3n) is 3.41. The van der Waals surface area contributed by atoms with Gasteiger partial charge < -0.3 is 13.9 Å². The predicted molar refractivity (Wildman–Crippen MR) is 93.0 cm³/mol. The highest BCUT2D eigenvalue weighted by Gasteiger charge is 2.17. The number of aromatic nitrogens is 3. The van der Waals surface area contributed by atoms with Crippen LogP contribution in [0.15, 0.2) is 45.9 Å². The van der Waals surface area contributed by atoms with E-state index >= 15 is 0 Å². The first-order valence-corrected chi connectivity index (χ1v) is 7.89. The molecular weight excluding hydrogens is 378 g/mol. The molecule has 2 aromatic heterocycles. The Morgan fingerprint density at radius 2 is 2.04 bits per heavy atom. The maximum absolute atomic E-state index is 12.1. The second kappa shape index (κ2) is 7.42. The van der Waals surface area contributed by atoms with Gasteiger partial charge in [0, 0.05) is 23.6 Å². The summed E-state index contributed by atoms with van der Waals surface area (Å²) < 4.78 is 16.1. The number of esters is 2. The third-order valence-corrected chi connectivity index (χ3v) is 3.65. The molecule has 0 radical (unpaired) electrons. The van der Waals surface area contributed by atoms with Gasteiger partial charge in [-0.25, -0.2) is 9.48 Å². The Kier molecular flexibility index (Phi) is 5.04. The van der Waals surface area contributed by atoms with Crippen LogP contribution in [0.5, 0.6) is 5.75 Å². The molecule has 0 atom stereocenters. The maximum atomic E-state index is 12.1. The van der Waals surface area contributed by atoms with E-state index in [1.807, 2.05) is 0 Å². The molecule has 3 aromatic rings. The summed E-state index contributed by atoms with van der Waals surface area (Å²) in [6, 6.07) is 5.93. The molecule has 0 saturated heterocycles. The van der Waals surface area contributed by atoms with Crippen LogP contribution in [0.3, 0.4) is 0 Å². The lowest BCUT2D eigenvalue weighted by Crippen LogP contribution is -2.11. The van der Waals surface area contributed by atoms with E-state index in [1.54, 1.807) is 18.2 Å². The number of methoxy groups -OCH3 is 1. The number of hydrogen-bond donors (Lipinski definition) is 0. The van der Waals surface area contributed by atoms with Gasteiger partial charge >= 0.3 is 11.9 Å². The summed E-state index contributed by atoms with van der Waals surface area (Å²) in [4.78, 5) is 34.7. The van der Waals surface area contributed by atoms with Crippen molar-refractivity contribution in [2.45, 2.75) is 6.92 Å². The Bertz CT molecular complexity index is 1090. The lowest BCUT2D eigenvalue weighted by Gasteiger charge is -2.09. The first-order valence-electron chi connectivity index (χ1n) is 7.51. The largest absolute Gasteiger partial charge is 0.464 e. The van der Waals surface area contributed by atoms with E-state index in [2.05, 4.69) is 15.0 Å². The van der Waals surface area contributed by atoms with Gasteiger partial charge in [0.15, 0.2) is 5.69 Å². The summed E-state index contributed by atoms with van der Waals surface area (Å²) in [7, 11) is 1.23. The fourth-order valence-corrected chi connectivity index (χ4v) is 2.43. The summed E-state index contributed by atoms with van der Waals surface area (Å²) in [5.41, 5.74) is 0.317. The van der Waals surface area contributed by atoms with E-state index in [-0.39, 0.29) is 17.2 Å². The van der Waals surface area contributed by atoms with Crippen LogP contribution in [0.4, 0.5) is 0 Å². The average Bonchev–Trinajstić information content (AvgIpc) is 3.12. The zero-order valence-corrected chi connectivity index (χ0v) is 14.9. The van der Waals surface area contributed by atoms with Crippen molar-refractivity contribution in [3.8, 4) is 22.8 Å². The van der Waals surface area contributed by atoms with Crippen molar-refractivity contribution in [1.29, 1.82) is 0 Å². The van der Waals surface area contributed by atoms with Crippen LogP contribution in [-0.2, 0) is 9.53 Å². The summed E-state index contributed by atoms with van der Waals surface area (Å²) in [5, 5.41) is 8.01. The van der Waals surface area contributed by atoms with Crippen molar-refractivity contribution in [1.82, 2.24) is 15.0 Å². The molecule has 0 N–H and O–H groups in total. The number of carbonyl (C=O) groups is 2. The van der Waals surface area contributed by atoms with Gasteiger partial charge in [0.05, 0.1) is 19.0 Å². The van der Waals surface area contributed by atoms with Gasteiger partial charge in [-0.1, -0.05) is 16.8 Å². The molecule has 27 heavy (non-hydrogen) atoms. The summed E-state index contributed by atoms with van der Waals surface area (Å²) in [5.74, 6) is -1.36. The molecule has 0 spiro atoms. The molecule has 0 aliphatic carbocycles. The molecule has 0 unspecified atom stereocenters. The smallest absolute Gasteiger partial charge is 0.360 e. The Morgan fingerprint density at radius 3 is 2.70 bits per heavy atom. The van der Waals surface area contributed by atoms with Crippen molar-refractivity contribution >= 4 is 23.5 Å². The number of hydrogen-bond acceptors (Lipinski definition) is 8. The molecule has 0 aliphatic rings. The number of rotatable bonds is 4. The van der Waals surface area contributed by atoms with Gasteiger partial charge in [0.2, 0.25) is 11.2 Å². The molecule has 3 rings (SSSR count). The van der Waals surface area contributed by atoms with Crippen LogP contribution in [0.1, 0.15) is 17.4 Å². The summed E-state index contributed by atoms with van der Waals surface area (Å²) in [6.45, 7) is 1.17. The lowest BCUT2D eigenvalue weighted by atomic mass is 10.1. The van der Waals surface area contributed by atoms with E-state index in [0.29, 0.717) is 16.3 Å². The van der Waals surface area contributed by atoms with Gasteiger partial charge in [-0.15, -0.1) is 5.10 Å². The molecule has 2 heterocycles. The highest BCUT2D eigenvalue weighted by molar-refractivity contribution is 6.31. The fraction of sp³-hybridized carbons (Fsp3) is 0.118. The standard InChI is InChI=1S/C17H12ClN3O6/c1-9(22)27-16-8-26-15(6-14(16)23)11-5-10(18)3-4-13(11)21-7-12(19-20-21)17(24)25-2/h3-8H,1-2H3. The van der Waals surface area contributed by atoms with Gasteiger partial charge in [0.1, 0.15) is 12.0 Å². The lowest BCUT2D eigenvalue weighted by molar-refractivity contribution is -0.132. The highest BCUT2D eigenvalue weighted by Crippen LogP contribution is 2.29. The number of ether oxygens (including phenoxy) is 2. The fourth-order valence-electron chi connectivity index (χ4n) is 2.25. The quantitative estimate of drug-likeness (QED) is 0.624.